The summed E-state index contributed by atoms with van der Waals surface area (Å²) in [5.74, 6) is -0.518. The van der Waals surface area contributed by atoms with E-state index in [1.165, 1.54) is 15.6 Å². The molecule has 3 heterocycles. The second-order valence-corrected chi connectivity index (χ2v) is 6.80. The van der Waals surface area contributed by atoms with Crippen LogP contribution in [0.2, 0.25) is 0 Å². The van der Waals surface area contributed by atoms with Crippen LogP contribution >= 0.6 is 0 Å². The Morgan fingerprint density at radius 3 is 2.96 bits per heavy atom. The van der Waals surface area contributed by atoms with E-state index in [9.17, 15) is 23.5 Å². The third-order valence-electron chi connectivity index (χ3n) is 5.18. The summed E-state index contributed by atoms with van der Waals surface area (Å²) < 4.78 is 26.7. The number of likely N-dealkylation sites (tertiary alicyclic amines) is 1. The average Bonchev–Trinajstić information content (AvgIpc) is 2.94. The zero-order valence-corrected chi connectivity index (χ0v) is 14.0. The number of aromatic nitrogens is 2. The number of halogens is 2. The van der Waals surface area contributed by atoms with Gasteiger partial charge < -0.3 is 15.3 Å². The predicted octanol–water partition coefficient (Wildman–Crippen LogP) is 0.619. The van der Waals surface area contributed by atoms with Gasteiger partial charge in [-0.15, -0.1) is 0 Å². The molecule has 0 saturated carbocycles. The lowest BCUT2D eigenvalue weighted by Gasteiger charge is -2.46. The van der Waals surface area contributed by atoms with Crippen molar-refractivity contribution in [3.8, 4) is 0 Å². The van der Waals surface area contributed by atoms with Gasteiger partial charge in [-0.05, 0) is 32.3 Å². The first-order chi connectivity index (χ1) is 11.8. The number of aryl methyl sites for hydroxylation is 1. The molecule has 2 aliphatic heterocycles. The number of aliphatic hydroxyl groups excluding tert-OH is 1. The Morgan fingerprint density at radius 1 is 1.56 bits per heavy atom. The summed E-state index contributed by atoms with van der Waals surface area (Å²) >= 11 is 0. The van der Waals surface area contributed by atoms with E-state index >= 15 is 0 Å². The normalized spacial score (nSPS) is 27.0. The molecule has 0 aromatic carbocycles. The first-order valence-corrected chi connectivity index (χ1v) is 8.40. The van der Waals surface area contributed by atoms with Gasteiger partial charge >= 0.3 is 0 Å². The monoisotopic (exact) mass is 356 g/mol. The molecule has 25 heavy (non-hydrogen) atoms. The van der Waals surface area contributed by atoms with Gasteiger partial charge in [0, 0.05) is 25.3 Å². The SMILES string of the molecule is Cc1cc(C(F)F)nn1CC(=O)N1CC[C@H](O)[C@@]2(CCCNC2=O)C1. The molecule has 9 heteroatoms. The van der Waals surface area contributed by atoms with Gasteiger partial charge in [0.15, 0.2) is 0 Å². The van der Waals surface area contributed by atoms with Gasteiger partial charge in [0.2, 0.25) is 11.8 Å². The summed E-state index contributed by atoms with van der Waals surface area (Å²) in [5, 5.41) is 16.9. The van der Waals surface area contributed by atoms with Gasteiger partial charge in [-0.2, -0.15) is 5.10 Å². The number of piperidine rings is 2. The molecule has 2 N–H and O–H groups in total. The van der Waals surface area contributed by atoms with Crippen molar-refractivity contribution in [3.63, 3.8) is 0 Å². The molecule has 2 aliphatic rings. The summed E-state index contributed by atoms with van der Waals surface area (Å²) in [7, 11) is 0. The van der Waals surface area contributed by atoms with E-state index in [4.69, 9.17) is 0 Å². The zero-order chi connectivity index (χ0) is 18.2. The van der Waals surface area contributed by atoms with Crippen molar-refractivity contribution in [1.29, 1.82) is 0 Å². The highest BCUT2D eigenvalue weighted by molar-refractivity contribution is 5.86. The maximum atomic E-state index is 12.7. The Kier molecular flexibility index (Phi) is 4.77. The molecule has 0 radical (unpaired) electrons. The molecule has 2 atom stereocenters. The highest BCUT2D eigenvalue weighted by Gasteiger charge is 2.50. The summed E-state index contributed by atoms with van der Waals surface area (Å²) in [4.78, 5) is 26.5. The van der Waals surface area contributed by atoms with Crippen LogP contribution in [0, 0.1) is 12.3 Å². The van der Waals surface area contributed by atoms with Crippen LogP contribution in [0.1, 0.15) is 37.1 Å². The van der Waals surface area contributed by atoms with Gasteiger partial charge in [-0.3, -0.25) is 14.3 Å². The van der Waals surface area contributed by atoms with Gasteiger partial charge in [0.25, 0.3) is 6.43 Å². The number of carbonyl (C=O) groups excluding carboxylic acids is 2. The summed E-state index contributed by atoms with van der Waals surface area (Å²) in [6.45, 7) is 2.50. The first kappa shape index (κ1) is 17.8. The van der Waals surface area contributed by atoms with E-state index in [2.05, 4.69) is 10.4 Å². The number of alkyl halides is 2. The molecule has 0 aliphatic carbocycles. The van der Waals surface area contributed by atoms with Gasteiger partial charge in [-0.1, -0.05) is 0 Å². The molecule has 2 fully saturated rings. The number of hydrogen-bond acceptors (Lipinski definition) is 4. The number of hydrogen-bond donors (Lipinski definition) is 2. The summed E-state index contributed by atoms with van der Waals surface area (Å²) in [5.41, 5.74) is -0.854. The van der Waals surface area contributed by atoms with Crippen LogP contribution in [-0.2, 0) is 16.1 Å². The van der Waals surface area contributed by atoms with E-state index in [1.54, 1.807) is 6.92 Å². The van der Waals surface area contributed by atoms with Gasteiger partial charge in [0.05, 0.1) is 11.5 Å². The fraction of sp³-hybridized carbons (Fsp3) is 0.688. The van der Waals surface area contributed by atoms with E-state index in [0.29, 0.717) is 31.6 Å². The number of aliphatic hydroxyl groups is 1. The molecule has 1 aromatic rings. The molecule has 1 aromatic heterocycles. The van der Waals surface area contributed by atoms with Crippen LogP contribution in [0.4, 0.5) is 8.78 Å². The van der Waals surface area contributed by atoms with Crippen LogP contribution in [0.25, 0.3) is 0 Å². The van der Waals surface area contributed by atoms with E-state index < -0.39 is 17.9 Å². The maximum Gasteiger partial charge on any atom is 0.282 e. The average molecular weight is 356 g/mol. The lowest BCUT2D eigenvalue weighted by molar-refractivity contribution is -0.155. The summed E-state index contributed by atoms with van der Waals surface area (Å²) in [6.07, 6.45) is -1.87. The van der Waals surface area contributed by atoms with Crippen molar-refractivity contribution in [3.05, 3.63) is 17.5 Å². The van der Waals surface area contributed by atoms with Gasteiger partial charge in [0.1, 0.15) is 12.2 Å². The molecular weight excluding hydrogens is 334 g/mol. The van der Waals surface area contributed by atoms with Crippen LogP contribution in [0.5, 0.6) is 0 Å². The standard InChI is InChI=1S/C16H22F2N4O3/c1-10-7-11(14(17)18)20-22(10)8-13(24)21-6-3-12(23)16(9-21)4-2-5-19-15(16)25/h7,12,14,23H,2-6,8-9H2,1H3,(H,19,25)/t12-,16+/m0/s1. The Hall–Kier alpha value is -2.03. The van der Waals surface area contributed by atoms with Crippen molar-refractivity contribution in [1.82, 2.24) is 20.0 Å². The van der Waals surface area contributed by atoms with Crippen molar-refractivity contribution < 1.29 is 23.5 Å². The van der Waals surface area contributed by atoms with E-state index in [0.717, 1.165) is 6.42 Å². The fourth-order valence-electron chi connectivity index (χ4n) is 3.69. The Labute approximate surface area is 144 Å². The quantitative estimate of drug-likeness (QED) is 0.831. The van der Waals surface area contributed by atoms with Crippen LogP contribution in [0.15, 0.2) is 6.07 Å². The molecule has 2 amide bonds. The van der Waals surface area contributed by atoms with Gasteiger partial charge in [-0.25, -0.2) is 8.78 Å². The smallest absolute Gasteiger partial charge is 0.282 e. The topological polar surface area (TPSA) is 87.5 Å². The van der Waals surface area contributed by atoms with Crippen LogP contribution in [0.3, 0.4) is 0 Å². The summed E-state index contributed by atoms with van der Waals surface area (Å²) in [6, 6.07) is 1.26. The molecule has 138 valence electrons. The van der Waals surface area contributed by atoms with Crippen LogP contribution < -0.4 is 5.32 Å². The van der Waals surface area contributed by atoms with Crippen molar-refractivity contribution in [2.75, 3.05) is 19.6 Å². The lowest BCUT2D eigenvalue weighted by Crippen LogP contribution is -2.62. The number of nitrogens with zero attached hydrogens (tertiary/aromatic N) is 3. The molecule has 0 unspecified atom stereocenters. The molecule has 3 rings (SSSR count). The van der Waals surface area contributed by atoms with Crippen molar-refractivity contribution in [2.24, 2.45) is 5.41 Å². The minimum Gasteiger partial charge on any atom is -0.392 e. The van der Waals surface area contributed by atoms with E-state index in [1.807, 2.05) is 0 Å². The molecule has 2 saturated heterocycles. The number of carbonyl (C=O) groups is 2. The van der Waals surface area contributed by atoms with Crippen LogP contribution in [-0.4, -0.2) is 57.3 Å². The maximum absolute atomic E-state index is 12.7. The Morgan fingerprint density at radius 2 is 2.32 bits per heavy atom. The molecule has 0 bridgehead atoms. The Balaban J connectivity index is 1.73. The minimum atomic E-state index is -2.69. The minimum absolute atomic E-state index is 0.140. The van der Waals surface area contributed by atoms with Crippen molar-refractivity contribution in [2.45, 2.75) is 45.3 Å². The first-order valence-electron chi connectivity index (χ1n) is 8.40. The Bertz CT molecular complexity index is 678. The second-order valence-electron chi connectivity index (χ2n) is 6.80. The largest absolute Gasteiger partial charge is 0.392 e. The molecule has 7 nitrogen and oxygen atoms in total. The fourth-order valence-corrected chi connectivity index (χ4v) is 3.69. The highest BCUT2D eigenvalue weighted by atomic mass is 19.3. The number of amides is 2. The highest BCUT2D eigenvalue weighted by Crippen LogP contribution is 2.37. The van der Waals surface area contributed by atoms with E-state index in [-0.39, 0.29) is 30.6 Å². The molecular formula is C16H22F2N4O3. The zero-order valence-electron chi connectivity index (χ0n) is 14.0. The van der Waals surface area contributed by atoms with Crippen molar-refractivity contribution >= 4 is 11.8 Å². The third-order valence-corrected chi connectivity index (χ3v) is 5.18. The second kappa shape index (κ2) is 6.70. The number of rotatable bonds is 3. The number of nitrogens with one attached hydrogen (secondary N) is 1. The lowest BCUT2D eigenvalue weighted by atomic mass is 9.71. The predicted molar refractivity (Wildman–Crippen MR) is 83.8 cm³/mol. The third kappa shape index (κ3) is 3.24. The molecule has 1 spiro atoms.